The Hall–Kier alpha value is -1.43. The van der Waals surface area contributed by atoms with Crippen LogP contribution in [-0.2, 0) is 23.4 Å². The molecule has 13 heteroatoms. The number of aliphatic hydroxyl groups is 1. The van der Waals surface area contributed by atoms with Crippen molar-refractivity contribution in [3.05, 3.63) is 33.1 Å². The van der Waals surface area contributed by atoms with Gasteiger partial charge in [0.15, 0.2) is 0 Å². The maximum Gasteiger partial charge on any atom is 0.330 e. The molecular formula is C22H36N3O8PS. The van der Waals surface area contributed by atoms with E-state index in [4.69, 9.17) is 14.0 Å². The van der Waals surface area contributed by atoms with Crippen LogP contribution in [0.5, 0.6) is 0 Å². The molecule has 1 saturated heterocycles. The molecule has 0 aromatic carbocycles. The van der Waals surface area contributed by atoms with Crippen LogP contribution in [0.2, 0.25) is 0 Å². The molecule has 1 aliphatic heterocycles. The van der Waals surface area contributed by atoms with E-state index in [1.54, 1.807) is 34.6 Å². The Morgan fingerprint density at radius 3 is 2.60 bits per heavy atom. The highest BCUT2D eigenvalue weighted by Gasteiger charge is 2.52. The molecule has 1 aliphatic carbocycles. The molecule has 3 N–H and O–H groups in total. The lowest BCUT2D eigenvalue weighted by Crippen LogP contribution is -2.40. The molecule has 0 amide bonds. The zero-order chi connectivity index (χ0) is 26.0. The molecule has 35 heavy (non-hydrogen) atoms. The van der Waals surface area contributed by atoms with Gasteiger partial charge in [0.05, 0.1) is 18.8 Å². The van der Waals surface area contributed by atoms with Gasteiger partial charge < -0.3 is 19.1 Å². The highest BCUT2D eigenvalue weighted by molar-refractivity contribution is 8.56. The Morgan fingerprint density at radius 2 is 2.00 bits per heavy atom. The summed E-state index contributed by atoms with van der Waals surface area (Å²) >= 11 is 1.19. The number of ether oxygens (including phenoxy) is 2. The van der Waals surface area contributed by atoms with Crippen molar-refractivity contribution in [2.75, 3.05) is 6.61 Å². The number of aromatic amines is 1. The molecule has 2 aliphatic rings. The van der Waals surface area contributed by atoms with Gasteiger partial charge in [-0.25, -0.2) is 9.88 Å². The van der Waals surface area contributed by atoms with Crippen molar-refractivity contribution in [2.45, 2.75) is 96.1 Å². The number of hydrogen-bond donors (Lipinski definition) is 3. The fourth-order valence-electron chi connectivity index (χ4n) is 4.29. The van der Waals surface area contributed by atoms with E-state index in [0.717, 1.165) is 25.7 Å². The Morgan fingerprint density at radius 1 is 1.34 bits per heavy atom. The largest absolute Gasteiger partial charge is 0.462 e. The van der Waals surface area contributed by atoms with Crippen molar-refractivity contribution in [3.8, 4) is 0 Å². The highest BCUT2D eigenvalue weighted by atomic mass is 32.7. The number of carbonyl (C=O) groups excluding carboxylic acids is 1. The zero-order valence-corrected chi connectivity index (χ0v) is 22.5. The maximum absolute atomic E-state index is 13.8. The van der Waals surface area contributed by atoms with Crippen LogP contribution in [0.3, 0.4) is 0 Å². The van der Waals surface area contributed by atoms with Crippen LogP contribution in [0.15, 0.2) is 21.9 Å². The quantitative estimate of drug-likeness (QED) is 0.303. The summed E-state index contributed by atoms with van der Waals surface area (Å²) in [6.07, 6.45) is 2.04. The second kappa shape index (κ2) is 11.3. The van der Waals surface area contributed by atoms with E-state index < -0.39 is 53.8 Å². The zero-order valence-electron chi connectivity index (χ0n) is 20.8. The Kier molecular flexibility index (Phi) is 9.10. The van der Waals surface area contributed by atoms with Crippen molar-refractivity contribution in [2.24, 2.45) is 5.41 Å². The summed E-state index contributed by atoms with van der Waals surface area (Å²) in [6.45, 7) is 4.68. The number of H-pyrrole nitrogens is 1. The van der Waals surface area contributed by atoms with E-state index in [-0.39, 0.29) is 18.0 Å². The number of nitrogens with one attached hydrogen (secondary N) is 2. The van der Waals surface area contributed by atoms with Crippen molar-refractivity contribution in [1.29, 1.82) is 0 Å². The third-order valence-electron chi connectivity index (χ3n) is 6.21. The molecule has 1 saturated carbocycles. The average molecular weight is 534 g/mol. The number of rotatable bonds is 10. The lowest BCUT2D eigenvalue weighted by Gasteiger charge is -2.29. The standard InChI is InChI=1S/C22H36N3O8PS/c1-13(2)32-19(28)14(3)24-34(30,35-15-8-6-7-9-15)31-12-16-18(27)22(4,5)20(33-16)25-11-10-17(26)23-21(25)29/h10-11,13-16,18,20,27H,6-9,12H2,1-5H3,(H,24,30)(H,23,26,29)/t14-,16-,18-,20-,34-/m1/s1. The van der Waals surface area contributed by atoms with Gasteiger partial charge in [-0.15, -0.1) is 0 Å². The Bertz CT molecular complexity index is 1050. The van der Waals surface area contributed by atoms with Gasteiger partial charge in [-0.2, -0.15) is 0 Å². The Labute approximate surface area is 208 Å². The topological polar surface area (TPSA) is 149 Å². The minimum Gasteiger partial charge on any atom is -0.462 e. The summed E-state index contributed by atoms with van der Waals surface area (Å²) in [4.78, 5) is 38.3. The molecule has 1 aromatic rings. The van der Waals surface area contributed by atoms with Crippen LogP contribution in [0.1, 0.15) is 66.5 Å². The predicted molar refractivity (Wildman–Crippen MR) is 132 cm³/mol. The third-order valence-corrected chi connectivity index (χ3v) is 10.8. The first-order valence-electron chi connectivity index (χ1n) is 11.9. The minimum absolute atomic E-state index is 0.125. The number of nitrogens with zero attached hydrogens (tertiary/aromatic N) is 1. The fourth-order valence-corrected chi connectivity index (χ4v) is 9.18. The molecule has 198 valence electrons. The summed E-state index contributed by atoms with van der Waals surface area (Å²) in [6, 6.07) is 0.334. The second-order valence-corrected chi connectivity index (χ2v) is 14.4. The first kappa shape index (κ1) is 28.1. The van der Waals surface area contributed by atoms with E-state index in [9.17, 15) is 24.1 Å². The summed E-state index contributed by atoms with van der Waals surface area (Å²) in [5.74, 6) is -0.536. The molecule has 2 fully saturated rings. The first-order chi connectivity index (χ1) is 16.3. The number of aromatic nitrogens is 2. The number of carbonyl (C=O) groups is 1. The molecule has 0 radical (unpaired) electrons. The lowest BCUT2D eigenvalue weighted by molar-refractivity contribution is -0.149. The average Bonchev–Trinajstić information content (AvgIpc) is 3.33. The van der Waals surface area contributed by atoms with Crippen LogP contribution in [-0.4, -0.2) is 56.8 Å². The minimum atomic E-state index is -3.59. The smallest absolute Gasteiger partial charge is 0.330 e. The molecule has 1 aromatic heterocycles. The van der Waals surface area contributed by atoms with Gasteiger partial charge in [0.1, 0.15) is 18.4 Å². The summed E-state index contributed by atoms with van der Waals surface area (Å²) in [5, 5.41) is 13.9. The third kappa shape index (κ3) is 6.87. The molecule has 0 unspecified atom stereocenters. The molecule has 0 bridgehead atoms. The van der Waals surface area contributed by atoms with Gasteiger partial charge in [-0.05, 0) is 33.6 Å². The van der Waals surface area contributed by atoms with Crippen molar-refractivity contribution in [3.63, 3.8) is 0 Å². The van der Waals surface area contributed by atoms with E-state index in [2.05, 4.69) is 10.1 Å². The molecule has 2 heterocycles. The van der Waals surface area contributed by atoms with Crippen LogP contribution in [0.4, 0.5) is 0 Å². The fraction of sp³-hybridized carbons (Fsp3) is 0.773. The predicted octanol–water partition coefficient (Wildman–Crippen LogP) is 2.55. The number of hydrogen-bond acceptors (Lipinski definition) is 9. The summed E-state index contributed by atoms with van der Waals surface area (Å²) in [7, 11) is 0. The molecule has 11 nitrogen and oxygen atoms in total. The Balaban J connectivity index is 1.75. The highest BCUT2D eigenvalue weighted by Crippen LogP contribution is 2.61. The van der Waals surface area contributed by atoms with Crippen LogP contribution in [0.25, 0.3) is 0 Å². The van der Waals surface area contributed by atoms with Gasteiger partial charge in [-0.1, -0.05) is 38.1 Å². The van der Waals surface area contributed by atoms with Gasteiger partial charge in [-0.3, -0.25) is 23.7 Å². The number of aliphatic hydroxyl groups excluding tert-OH is 1. The second-order valence-electron chi connectivity index (χ2n) is 9.95. The van der Waals surface area contributed by atoms with Gasteiger partial charge >= 0.3 is 18.4 Å². The molecule has 0 spiro atoms. The van der Waals surface area contributed by atoms with Crippen molar-refractivity contribution in [1.82, 2.24) is 14.6 Å². The van der Waals surface area contributed by atoms with Crippen LogP contribution in [0, 0.1) is 5.41 Å². The summed E-state index contributed by atoms with van der Waals surface area (Å²) < 4.78 is 32.1. The molecular weight excluding hydrogens is 497 g/mol. The van der Waals surface area contributed by atoms with Gasteiger partial charge in [0.25, 0.3) is 5.56 Å². The van der Waals surface area contributed by atoms with E-state index in [0.29, 0.717) is 0 Å². The maximum atomic E-state index is 13.8. The number of esters is 1. The molecule has 5 atom stereocenters. The van der Waals surface area contributed by atoms with E-state index in [1.165, 1.54) is 28.2 Å². The van der Waals surface area contributed by atoms with Crippen molar-refractivity contribution >= 4 is 24.1 Å². The first-order valence-corrected chi connectivity index (χ1v) is 15.0. The van der Waals surface area contributed by atoms with Gasteiger partial charge in [0.2, 0.25) is 0 Å². The normalized spacial score (nSPS) is 27.1. The van der Waals surface area contributed by atoms with Crippen LogP contribution < -0.4 is 16.3 Å². The van der Waals surface area contributed by atoms with E-state index in [1.807, 2.05) is 0 Å². The SMILES string of the molecule is CC(C)OC(=O)[C@@H](C)N[P@@](=O)(OC[C@H]1O[C@@H](n2ccc(=O)[nH]c2=O)C(C)(C)[C@@H]1O)SC1CCCC1. The van der Waals surface area contributed by atoms with Crippen LogP contribution >= 0.6 is 18.1 Å². The summed E-state index contributed by atoms with van der Waals surface area (Å²) in [5.41, 5.74) is -2.12. The van der Waals surface area contributed by atoms with Crippen molar-refractivity contribution < 1.29 is 28.5 Å². The van der Waals surface area contributed by atoms with E-state index >= 15 is 0 Å². The molecule has 3 rings (SSSR count). The monoisotopic (exact) mass is 533 g/mol. The van der Waals surface area contributed by atoms with Gasteiger partial charge in [0, 0.05) is 22.9 Å². The lowest BCUT2D eigenvalue weighted by atomic mass is 9.84.